The van der Waals surface area contributed by atoms with E-state index in [1.807, 2.05) is 6.07 Å². The summed E-state index contributed by atoms with van der Waals surface area (Å²) in [5, 5.41) is 0. The second kappa shape index (κ2) is 4.60. The van der Waals surface area contributed by atoms with E-state index < -0.39 is 0 Å². The minimum Gasteiger partial charge on any atom is -0.370 e. The van der Waals surface area contributed by atoms with Crippen LogP contribution in [0.3, 0.4) is 0 Å². The Hall–Kier alpha value is -0.860. The van der Waals surface area contributed by atoms with E-state index >= 15 is 0 Å². The lowest BCUT2D eigenvalue weighted by atomic mass is 9.75. The van der Waals surface area contributed by atoms with Crippen molar-refractivity contribution in [3.63, 3.8) is 0 Å². The number of fused-ring (bicyclic) bond motifs is 2. The standard InChI is InChI=1S/C17H24O2/c1-13(2)17-10-9-16(3,19-17)15(11-17)18-12-14-7-5-4-6-8-14/h4-8,13,15H,9-12H2,1-3H3/t15-,16+,17-/m1/s1. The van der Waals surface area contributed by atoms with E-state index in [-0.39, 0.29) is 17.3 Å². The van der Waals surface area contributed by atoms with Crippen molar-refractivity contribution in [1.82, 2.24) is 0 Å². The molecule has 0 spiro atoms. The van der Waals surface area contributed by atoms with E-state index in [9.17, 15) is 0 Å². The third-order valence-corrected chi connectivity index (χ3v) is 5.04. The first-order valence-electron chi connectivity index (χ1n) is 7.40. The molecule has 2 heteroatoms. The minimum absolute atomic E-state index is 0.0656. The lowest BCUT2D eigenvalue weighted by Gasteiger charge is -2.31. The van der Waals surface area contributed by atoms with Gasteiger partial charge in [-0.15, -0.1) is 0 Å². The molecule has 2 nitrogen and oxygen atoms in total. The Balaban J connectivity index is 1.67. The first-order chi connectivity index (χ1) is 9.04. The monoisotopic (exact) mass is 260 g/mol. The smallest absolute Gasteiger partial charge is 0.0924 e. The minimum atomic E-state index is -0.0704. The summed E-state index contributed by atoms with van der Waals surface area (Å²) in [6, 6.07) is 10.4. The Morgan fingerprint density at radius 2 is 2.00 bits per heavy atom. The molecule has 2 aliphatic heterocycles. The van der Waals surface area contributed by atoms with Gasteiger partial charge in [0.1, 0.15) is 0 Å². The van der Waals surface area contributed by atoms with Gasteiger partial charge in [0.25, 0.3) is 0 Å². The predicted molar refractivity (Wildman–Crippen MR) is 75.9 cm³/mol. The molecule has 0 amide bonds. The molecule has 2 bridgehead atoms. The number of rotatable bonds is 4. The van der Waals surface area contributed by atoms with Crippen LogP contribution in [0, 0.1) is 5.92 Å². The number of hydrogen-bond donors (Lipinski definition) is 0. The second-order valence-corrected chi connectivity index (χ2v) is 6.62. The Kier molecular flexibility index (Phi) is 3.18. The van der Waals surface area contributed by atoms with Crippen LogP contribution in [0.25, 0.3) is 0 Å². The van der Waals surface area contributed by atoms with Gasteiger partial charge in [0.15, 0.2) is 0 Å². The van der Waals surface area contributed by atoms with Crippen molar-refractivity contribution < 1.29 is 9.47 Å². The number of hydrogen-bond acceptors (Lipinski definition) is 2. The third kappa shape index (κ3) is 2.21. The molecule has 104 valence electrons. The Morgan fingerprint density at radius 3 is 2.63 bits per heavy atom. The van der Waals surface area contributed by atoms with Crippen LogP contribution in [-0.2, 0) is 16.1 Å². The highest BCUT2D eigenvalue weighted by atomic mass is 16.6. The summed E-state index contributed by atoms with van der Waals surface area (Å²) in [7, 11) is 0. The molecular formula is C17H24O2. The van der Waals surface area contributed by atoms with Crippen molar-refractivity contribution >= 4 is 0 Å². The largest absolute Gasteiger partial charge is 0.370 e. The molecule has 3 atom stereocenters. The van der Waals surface area contributed by atoms with Crippen LogP contribution in [0.2, 0.25) is 0 Å². The lowest BCUT2D eigenvalue weighted by molar-refractivity contribution is -0.0959. The SMILES string of the molecule is CC(C)[C@]12CC[C@](C)(O1)[C@H](OCc1ccccc1)C2. The van der Waals surface area contributed by atoms with Gasteiger partial charge in [-0.3, -0.25) is 0 Å². The maximum Gasteiger partial charge on any atom is 0.0924 e. The number of benzene rings is 1. The molecule has 2 saturated heterocycles. The van der Waals surface area contributed by atoms with E-state index in [4.69, 9.17) is 9.47 Å². The Bertz CT molecular complexity index is 442. The van der Waals surface area contributed by atoms with Crippen LogP contribution in [0.4, 0.5) is 0 Å². The molecule has 2 fully saturated rings. The summed E-state index contributed by atoms with van der Waals surface area (Å²) in [6.45, 7) is 7.45. The van der Waals surface area contributed by atoms with Gasteiger partial charge in [0.2, 0.25) is 0 Å². The molecule has 1 aromatic rings. The first kappa shape index (κ1) is 13.1. The summed E-state index contributed by atoms with van der Waals surface area (Å²) >= 11 is 0. The van der Waals surface area contributed by atoms with Gasteiger partial charge in [-0.1, -0.05) is 44.2 Å². The summed E-state index contributed by atoms with van der Waals surface area (Å²) in [4.78, 5) is 0. The predicted octanol–water partition coefficient (Wildman–Crippen LogP) is 3.94. The molecule has 19 heavy (non-hydrogen) atoms. The quantitative estimate of drug-likeness (QED) is 0.816. The van der Waals surface area contributed by atoms with Crippen LogP contribution < -0.4 is 0 Å². The van der Waals surface area contributed by atoms with Gasteiger partial charge in [0, 0.05) is 6.42 Å². The molecule has 0 aromatic heterocycles. The first-order valence-corrected chi connectivity index (χ1v) is 7.40. The van der Waals surface area contributed by atoms with E-state index in [0.29, 0.717) is 12.5 Å². The summed E-state index contributed by atoms with van der Waals surface area (Å²) in [5.74, 6) is 0.569. The van der Waals surface area contributed by atoms with Crippen LogP contribution in [-0.4, -0.2) is 17.3 Å². The van der Waals surface area contributed by atoms with Crippen molar-refractivity contribution in [2.24, 2.45) is 5.92 Å². The zero-order valence-electron chi connectivity index (χ0n) is 12.2. The summed E-state index contributed by atoms with van der Waals surface area (Å²) < 4.78 is 12.6. The van der Waals surface area contributed by atoms with E-state index in [2.05, 4.69) is 45.0 Å². The molecule has 0 unspecified atom stereocenters. The van der Waals surface area contributed by atoms with Crippen LogP contribution in [0.5, 0.6) is 0 Å². The van der Waals surface area contributed by atoms with Gasteiger partial charge in [-0.25, -0.2) is 0 Å². The molecular weight excluding hydrogens is 236 g/mol. The van der Waals surface area contributed by atoms with Crippen LogP contribution in [0.1, 0.15) is 45.6 Å². The van der Waals surface area contributed by atoms with Gasteiger partial charge in [-0.05, 0) is 31.2 Å². The average Bonchev–Trinajstić information content (AvgIpc) is 2.90. The van der Waals surface area contributed by atoms with Crippen molar-refractivity contribution in [3.8, 4) is 0 Å². The zero-order valence-corrected chi connectivity index (χ0v) is 12.2. The van der Waals surface area contributed by atoms with Crippen molar-refractivity contribution in [2.75, 3.05) is 0 Å². The molecule has 3 rings (SSSR count). The lowest BCUT2D eigenvalue weighted by Crippen LogP contribution is -2.38. The average molecular weight is 260 g/mol. The molecule has 0 aliphatic carbocycles. The van der Waals surface area contributed by atoms with E-state index in [0.717, 1.165) is 12.8 Å². The van der Waals surface area contributed by atoms with Crippen LogP contribution in [0.15, 0.2) is 30.3 Å². The molecule has 2 heterocycles. The zero-order chi connectivity index (χ0) is 13.5. The highest BCUT2D eigenvalue weighted by molar-refractivity contribution is 5.14. The Labute approximate surface area is 116 Å². The number of ether oxygens (including phenoxy) is 2. The highest BCUT2D eigenvalue weighted by Crippen LogP contribution is 2.55. The van der Waals surface area contributed by atoms with Gasteiger partial charge >= 0.3 is 0 Å². The summed E-state index contributed by atoms with van der Waals surface area (Å²) in [6.07, 6.45) is 3.61. The second-order valence-electron chi connectivity index (χ2n) is 6.62. The van der Waals surface area contributed by atoms with Gasteiger partial charge < -0.3 is 9.47 Å². The van der Waals surface area contributed by atoms with Crippen molar-refractivity contribution in [1.29, 1.82) is 0 Å². The van der Waals surface area contributed by atoms with E-state index in [1.54, 1.807) is 0 Å². The fourth-order valence-electron chi connectivity index (χ4n) is 3.57. The summed E-state index contributed by atoms with van der Waals surface area (Å²) in [5.41, 5.74) is 1.24. The maximum absolute atomic E-state index is 6.38. The molecule has 1 aromatic carbocycles. The molecule has 2 aliphatic rings. The third-order valence-electron chi connectivity index (χ3n) is 5.04. The molecule has 0 N–H and O–H groups in total. The van der Waals surface area contributed by atoms with Gasteiger partial charge in [-0.2, -0.15) is 0 Å². The molecule has 0 radical (unpaired) electrons. The highest BCUT2D eigenvalue weighted by Gasteiger charge is 2.60. The van der Waals surface area contributed by atoms with Crippen molar-refractivity contribution in [3.05, 3.63) is 35.9 Å². The Morgan fingerprint density at radius 1 is 1.26 bits per heavy atom. The normalized spacial score (nSPS) is 37.2. The van der Waals surface area contributed by atoms with Crippen molar-refractivity contribution in [2.45, 2.75) is 63.9 Å². The maximum atomic E-state index is 6.38. The molecule has 0 saturated carbocycles. The topological polar surface area (TPSA) is 18.5 Å². The van der Waals surface area contributed by atoms with Gasteiger partial charge in [0.05, 0.1) is 23.9 Å². The van der Waals surface area contributed by atoms with Crippen LogP contribution >= 0.6 is 0 Å². The van der Waals surface area contributed by atoms with E-state index in [1.165, 1.54) is 12.0 Å². The fraction of sp³-hybridized carbons (Fsp3) is 0.647. The fourth-order valence-corrected chi connectivity index (χ4v) is 3.57.